The van der Waals surface area contributed by atoms with Gasteiger partial charge in [0.2, 0.25) is 5.89 Å². The van der Waals surface area contributed by atoms with Gasteiger partial charge < -0.3 is 10.3 Å². The van der Waals surface area contributed by atoms with E-state index < -0.39 is 0 Å². The Kier molecular flexibility index (Phi) is 4.36. The Balaban J connectivity index is 2.13. The molecular formula is C12H11Cl2N3O. The van der Waals surface area contributed by atoms with E-state index in [4.69, 9.17) is 33.5 Å². The van der Waals surface area contributed by atoms with Crippen molar-refractivity contribution < 1.29 is 4.52 Å². The fourth-order valence-corrected chi connectivity index (χ4v) is 1.89. The zero-order chi connectivity index (χ0) is 13.0. The number of hydrogen-bond donors (Lipinski definition) is 1. The van der Waals surface area contributed by atoms with Crippen molar-refractivity contribution in [2.24, 2.45) is 5.73 Å². The minimum atomic E-state index is 0.431. The van der Waals surface area contributed by atoms with Gasteiger partial charge in [0, 0.05) is 29.1 Å². The summed E-state index contributed by atoms with van der Waals surface area (Å²) < 4.78 is 5.03. The van der Waals surface area contributed by atoms with E-state index in [-0.39, 0.29) is 0 Å². The molecule has 1 heterocycles. The molecule has 0 bridgehead atoms. The second-order valence-corrected chi connectivity index (χ2v) is 4.44. The van der Waals surface area contributed by atoms with Crippen LogP contribution in [0.15, 0.2) is 28.8 Å². The fraction of sp³-hybridized carbons (Fsp3) is 0.167. The number of rotatable bonds is 4. The smallest absolute Gasteiger partial charge is 0.250 e. The van der Waals surface area contributed by atoms with Crippen LogP contribution in [0.5, 0.6) is 0 Å². The normalized spacial score (nSPS) is 11.3. The molecule has 0 saturated carbocycles. The predicted molar refractivity (Wildman–Crippen MR) is 71.7 cm³/mol. The van der Waals surface area contributed by atoms with E-state index in [1.54, 1.807) is 24.3 Å². The van der Waals surface area contributed by atoms with Crippen LogP contribution in [0.1, 0.15) is 17.3 Å². The average Bonchev–Trinajstić information content (AvgIpc) is 2.78. The van der Waals surface area contributed by atoms with Crippen LogP contribution in [0.2, 0.25) is 10.0 Å². The molecule has 4 nitrogen and oxygen atoms in total. The first-order valence-electron chi connectivity index (χ1n) is 5.32. The molecule has 2 N–H and O–H groups in total. The Hall–Kier alpha value is -1.36. The molecule has 94 valence electrons. The van der Waals surface area contributed by atoms with Crippen molar-refractivity contribution in [1.29, 1.82) is 0 Å². The molecule has 0 aliphatic rings. The van der Waals surface area contributed by atoms with Crippen LogP contribution in [0.25, 0.3) is 6.08 Å². The highest BCUT2D eigenvalue weighted by Crippen LogP contribution is 2.22. The minimum absolute atomic E-state index is 0.431. The molecule has 6 heteroatoms. The maximum Gasteiger partial charge on any atom is 0.250 e. The summed E-state index contributed by atoms with van der Waals surface area (Å²) in [6.07, 6.45) is 3.92. The number of nitrogens with two attached hydrogens (primary N) is 1. The summed E-state index contributed by atoms with van der Waals surface area (Å²) in [5.41, 5.74) is 6.23. The van der Waals surface area contributed by atoms with Gasteiger partial charge in [-0.2, -0.15) is 4.98 Å². The van der Waals surface area contributed by atoms with Crippen LogP contribution in [0.3, 0.4) is 0 Å². The van der Waals surface area contributed by atoms with E-state index in [2.05, 4.69) is 10.1 Å². The Morgan fingerprint density at radius 1 is 1.33 bits per heavy atom. The first-order chi connectivity index (χ1) is 8.69. The monoisotopic (exact) mass is 283 g/mol. The third kappa shape index (κ3) is 3.32. The van der Waals surface area contributed by atoms with Crippen molar-refractivity contribution in [2.45, 2.75) is 6.42 Å². The van der Waals surface area contributed by atoms with E-state index in [1.807, 2.05) is 6.07 Å². The van der Waals surface area contributed by atoms with Gasteiger partial charge in [0.25, 0.3) is 0 Å². The minimum Gasteiger partial charge on any atom is -0.335 e. The van der Waals surface area contributed by atoms with Crippen molar-refractivity contribution in [3.63, 3.8) is 0 Å². The summed E-state index contributed by atoms with van der Waals surface area (Å²) in [4.78, 5) is 4.19. The largest absolute Gasteiger partial charge is 0.335 e. The van der Waals surface area contributed by atoms with Gasteiger partial charge in [0.05, 0.1) is 0 Å². The highest BCUT2D eigenvalue weighted by atomic mass is 35.5. The molecule has 0 saturated heterocycles. The average molecular weight is 284 g/mol. The summed E-state index contributed by atoms with van der Waals surface area (Å²) in [6.45, 7) is 0.431. The van der Waals surface area contributed by atoms with Crippen LogP contribution < -0.4 is 5.73 Å². The second kappa shape index (κ2) is 6.00. The van der Waals surface area contributed by atoms with Crippen LogP contribution in [-0.2, 0) is 6.42 Å². The topological polar surface area (TPSA) is 64.9 Å². The lowest BCUT2D eigenvalue weighted by Gasteiger charge is -2.00. The maximum atomic E-state index is 6.07. The molecule has 0 aliphatic heterocycles. The molecule has 0 spiro atoms. The zero-order valence-corrected chi connectivity index (χ0v) is 10.9. The first-order valence-corrected chi connectivity index (χ1v) is 6.08. The number of benzene rings is 1. The summed E-state index contributed by atoms with van der Waals surface area (Å²) in [5, 5.41) is 5.05. The Bertz CT molecular complexity index is 566. The van der Waals surface area contributed by atoms with E-state index in [9.17, 15) is 0 Å². The van der Waals surface area contributed by atoms with Crippen LogP contribution in [0.4, 0.5) is 0 Å². The third-order valence-corrected chi connectivity index (χ3v) is 2.83. The van der Waals surface area contributed by atoms with Gasteiger partial charge in [0.15, 0.2) is 5.82 Å². The van der Waals surface area contributed by atoms with Gasteiger partial charge in [-0.1, -0.05) is 40.5 Å². The highest BCUT2D eigenvalue weighted by Gasteiger charge is 2.08. The lowest BCUT2D eigenvalue weighted by atomic mass is 10.1. The molecule has 18 heavy (non-hydrogen) atoms. The zero-order valence-electron chi connectivity index (χ0n) is 9.44. The molecule has 0 fully saturated rings. The molecule has 0 aliphatic carbocycles. The number of halogens is 2. The van der Waals surface area contributed by atoms with Gasteiger partial charge >= 0.3 is 0 Å². The van der Waals surface area contributed by atoms with Crippen molar-refractivity contribution >= 4 is 29.3 Å². The lowest BCUT2D eigenvalue weighted by molar-refractivity contribution is 0.404. The Morgan fingerprint density at radius 2 is 2.17 bits per heavy atom. The molecule has 2 aromatic rings. The summed E-state index contributed by atoms with van der Waals surface area (Å²) in [6, 6.07) is 5.31. The third-order valence-electron chi connectivity index (χ3n) is 2.24. The van der Waals surface area contributed by atoms with Gasteiger partial charge in [0.1, 0.15) is 0 Å². The Morgan fingerprint density at radius 3 is 2.89 bits per heavy atom. The highest BCUT2D eigenvalue weighted by molar-refractivity contribution is 6.35. The first kappa shape index (κ1) is 13.1. The van der Waals surface area contributed by atoms with E-state index in [1.165, 1.54) is 0 Å². The van der Waals surface area contributed by atoms with Crippen LogP contribution in [0, 0.1) is 0 Å². The quantitative estimate of drug-likeness (QED) is 0.937. The lowest BCUT2D eigenvalue weighted by Crippen LogP contribution is -1.93. The Labute approximate surface area is 114 Å². The van der Waals surface area contributed by atoms with Gasteiger partial charge in [-0.15, -0.1) is 0 Å². The molecule has 1 aromatic heterocycles. The molecule has 1 aromatic carbocycles. The molecule has 0 unspecified atom stereocenters. The molecule has 0 amide bonds. The number of aromatic nitrogens is 2. The van der Waals surface area contributed by atoms with Crippen LogP contribution >= 0.6 is 23.2 Å². The fourth-order valence-electron chi connectivity index (χ4n) is 1.41. The number of nitrogens with zero attached hydrogens (tertiary/aromatic N) is 2. The SMILES string of the molecule is NC/C=C/c1nc(Cc2ccc(Cl)cc2Cl)no1. The van der Waals surface area contributed by atoms with Gasteiger partial charge in [-0.05, 0) is 17.7 Å². The second-order valence-electron chi connectivity index (χ2n) is 3.60. The molecule has 2 rings (SSSR count). The van der Waals surface area contributed by atoms with Crippen molar-refractivity contribution in [3.05, 3.63) is 51.6 Å². The predicted octanol–water partition coefficient (Wildman–Crippen LogP) is 2.94. The summed E-state index contributed by atoms with van der Waals surface area (Å²) in [5.74, 6) is 0.997. The van der Waals surface area contributed by atoms with Gasteiger partial charge in [-0.3, -0.25) is 0 Å². The van der Waals surface area contributed by atoms with E-state index in [0.29, 0.717) is 34.7 Å². The maximum absolute atomic E-state index is 6.07. The van der Waals surface area contributed by atoms with Crippen molar-refractivity contribution in [3.8, 4) is 0 Å². The molecule has 0 atom stereocenters. The summed E-state index contributed by atoms with van der Waals surface area (Å²) in [7, 11) is 0. The molecule has 0 radical (unpaired) electrons. The summed E-state index contributed by atoms with van der Waals surface area (Å²) >= 11 is 11.9. The van der Waals surface area contributed by atoms with E-state index >= 15 is 0 Å². The van der Waals surface area contributed by atoms with Gasteiger partial charge in [-0.25, -0.2) is 0 Å². The van der Waals surface area contributed by atoms with Crippen molar-refractivity contribution in [2.75, 3.05) is 6.54 Å². The molecular weight excluding hydrogens is 273 g/mol. The van der Waals surface area contributed by atoms with E-state index in [0.717, 1.165) is 5.56 Å². The van der Waals surface area contributed by atoms with Crippen molar-refractivity contribution in [1.82, 2.24) is 10.1 Å². The standard InChI is InChI=1S/C12H11Cl2N3O/c13-9-4-3-8(10(14)7-9)6-11-16-12(18-17-11)2-1-5-15/h1-4,7H,5-6,15H2/b2-1+. The number of hydrogen-bond acceptors (Lipinski definition) is 4. The van der Waals surface area contributed by atoms with Crippen LogP contribution in [-0.4, -0.2) is 16.7 Å².